The molecule has 0 saturated carbocycles. The molecule has 0 saturated heterocycles. The molecule has 0 amide bonds. The van der Waals surface area contributed by atoms with Gasteiger partial charge in [-0.3, -0.25) is 0 Å². The lowest BCUT2D eigenvalue weighted by Crippen LogP contribution is -2.09. The third-order valence-corrected chi connectivity index (χ3v) is 0.819. The van der Waals surface area contributed by atoms with Crippen LogP contribution in [0.1, 0.15) is 6.92 Å². The van der Waals surface area contributed by atoms with E-state index in [1.807, 2.05) is 0 Å². The van der Waals surface area contributed by atoms with Crippen molar-refractivity contribution in [1.82, 2.24) is 0 Å². The van der Waals surface area contributed by atoms with E-state index in [0.717, 1.165) is 6.08 Å². The van der Waals surface area contributed by atoms with Crippen LogP contribution in [0.4, 0.5) is 0 Å². The van der Waals surface area contributed by atoms with Crippen molar-refractivity contribution in [3.63, 3.8) is 0 Å². The molecule has 0 aliphatic carbocycles. The Morgan fingerprint density at radius 2 is 1.67 bits per heavy atom. The molecule has 0 bridgehead atoms. The lowest BCUT2D eigenvalue weighted by molar-refractivity contribution is -0.0205. The van der Waals surface area contributed by atoms with Crippen LogP contribution in [-0.2, 0) is 0 Å². The van der Waals surface area contributed by atoms with Gasteiger partial charge < -0.3 is 20.4 Å². The Hall–Kier alpha value is -0.420. The van der Waals surface area contributed by atoms with Gasteiger partial charge in [-0.25, -0.2) is 0 Å². The topological polar surface area (TPSA) is 80.9 Å². The smallest absolute Gasteiger partial charge is 0.174 e. The molecule has 9 heavy (non-hydrogen) atoms. The maximum Gasteiger partial charge on any atom is 0.174 e. The molecular weight excluding hydrogens is 124 g/mol. The standard InChI is InChI=1S/C5H10O4/c1-3(5(8)9)2-4(6)7/h2,4-9H,1H3/b3-2+. The summed E-state index contributed by atoms with van der Waals surface area (Å²) in [6, 6.07) is 0. The van der Waals surface area contributed by atoms with Crippen LogP contribution >= 0.6 is 0 Å². The molecule has 0 aromatic carbocycles. The molecule has 4 heteroatoms. The van der Waals surface area contributed by atoms with Crippen molar-refractivity contribution in [2.45, 2.75) is 19.5 Å². The molecule has 54 valence electrons. The van der Waals surface area contributed by atoms with Gasteiger partial charge in [-0.15, -0.1) is 0 Å². The predicted molar refractivity (Wildman–Crippen MR) is 30.2 cm³/mol. The number of hydrogen-bond donors (Lipinski definition) is 4. The summed E-state index contributed by atoms with van der Waals surface area (Å²) < 4.78 is 0. The van der Waals surface area contributed by atoms with Gasteiger partial charge in [0.25, 0.3) is 0 Å². The summed E-state index contributed by atoms with van der Waals surface area (Å²) >= 11 is 0. The first-order chi connectivity index (χ1) is 4.04. The molecular formula is C5H10O4. The summed E-state index contributed by atoms with van der Waals surface area (Å²) in [6.07, 6.45) is -2.29. The molecule has 0 aliphatic rings. The van der Waals surface area contributed by atoms with Crippen molar-refractivity contribution in [2.75, 3.05) is 0 Å². The number of hydrogen-bond acceptors (Lipinski definition) is 4. The van der Waals surface area contributed by atoms with Crippen LogP contribution in [-0.4, -0.2) is 33.0 Å². The first kappa shape index (κ1) is 8.58. The summed E-state index contributed by atoms with van der Waals surface area (Å²) in [6.45, 7) is 1.38. The van der Waals surface area contributed by atoms with E-state index in [-0.39, 0.29) is 5.57 Å². The highest BCUT2D eigenvalue weighted by Gasteiger charge is 2.00. The fraction of sp³-hybridized carbons (Fsp3) is 0.600. The van der Waals surface area contributed by atoms with Gasteiger partial charge in [-0.2, -0.15) is 0 Å². The second kappa shape index (κ2) is 3.58. The predicted octanol–water partition coefficient (Wildman–Crippen LogP) is -1.45. The summed E-state index contributed by atoms with van der Waals surface area (Å²) in [5, 5.41) is 33.1. The molecule has 0 aliphatic heterocycles. The second-order valence-corrected chi connectivity index (χ2v) is 1.70. The highest BCUT2D eigenvalue weighted by molar-refractivity contribution is 5.01. The van der Waals surface area contributed by atoms with Crippen molar-refractivity contribution < 1.29 is 20.4 Å². The van der Waals surface area contributed by atoms with Gasteiger partial charge in [0.05, 0.1) is 0 Å². The highest BCUT2D eigenvalue weighted by atomic mass is 16.5. The zero-order valence-corrected chi connectivity index (χ0v) is 5.02. The van der Waals surface area contributed by atoms with E-state index in [1.54, 1.807) is 0 Å². The second-order valence-electron chi connectivity index (χ2n) is 1.70. The molecule has 0 atom stereocenters. The number of aliphatic hydroxyl groups is 4. The Bertz CT molecular complexity index is 106. The Morgan fingerprint density at radius 1 is 1.22 bits per heavy atom. The largest absolute Gasteiger partial charge is 0.365 e. The minimum absolute atomic E-state index is 0.116. The van der Waals surface area contributed by atoms with Gasteiger partial charge in [-0.1, -0.05) is 0 Å². The molecule has 0 aromatic heterocycles. The van der Waals surface area contributed by atoms with E-state index in [1.165, 1.54) is 6.92 Å². The van der Waals surface area contributed by atoms with E-state index in [0.29, 0.717) is 0 Å². The maximum atomic E-state index is 8.33. The number of aliphatic hydroxyl groups excluding tert-OH is 2. The molecule has 0 radical (unpaired) electrons. The van der Waals surface area contributed by atoms with Gasteiger partial charge in [0.15, 0.2) is 12.6 Å². The van der Waals surface area contributed by atoms with Gasteiger partial charge in [0.2, 0.25) is 0 Å². The molecule has 0 unspecified atom stereocenters. The van der Waals surface area contributed by atoms with Crippen molar-refractivity contribution >= 4 is 0 Å². The van der Waals surface area contributed by atoms with Crippen molar-refractivity contribution in [2.24, 2.45) is 0 Å². The van der Waals surface area contributed by atoms with Gasteiger partial charge in [0, 0.05) is 0 Å². The fourth-order valence-corrected chi connectivity index (χ4v) is 0.321. The molecule has 0 rings (SSSR count). The summed E-state index contributed by atoms with van der Waals surface area (Å²) in [5.74, 6) is 0. The Balaban J connectivity index is 3.84. The Morgan fingerprint density at radius 3 is 1.78 bits per heavy atom. The van der Waals surface area contributed by atoms with Crippen LogP contribution < -0.4 is 0 Å². The molecule has 4 N–H and O–H groups in total. The van der Waals surface area contributed by atoms with Crippen molar-refractivity contribution in [1.29, 1.82) is 0 Å². The summed E-state index contributed by atoms with van der Waals surface area (Å²) in [7, 11) is 0. The average molecular weight is 134 g/mol. The minimum atomic E-state index is -1.62. The normalized spacial score (nSPS) is 13.4. The quantitative estimate of drug-likeness (QED) is 0.275. The molecule has 0 fully saturated rings. The van der Waals surface area contributed by atoms with Crippen molar-refractivity contribution in [3.8, 4) is 0 Å². The lowest BCUT2D eigenvalue weighted by Gasteiger charge is -2.03. The summed E-state index contributed by atoms with van der Waals surface area (Å²) in [5.41, 5.74) is 0.116. The fourth-order valence-electron chi connectivity index (χ4n) is 0.321. The number of rotatable bonds is 2. The SMILES string of the molecule is C/C(=C\C(O)O)C(O)O. The third kappa shape index (κ3) is 4.11. The van der Waals surface area contributed by atoms with Crippen LogP contribution in [0.3, 0.4) is 0 Å². The molecule has 0 spiro atoms. The lowest BCUT2D eigenvalue weighted by atomic mass is 10.3. The maximum absolute atomic E-state index is 8.33. The molecule has 4 nitrogen and oxygen atoms in total. The monoisotopic (exact) mass is 134 g/mol. The average Bonchev–Trinajstić information content (AvgIpc) is 1.63. The van der Waals surface area contributed by atoms with Gasteiger partial charge in [-0.05, 0) is 18.6 Å². The van der Waals surface area contributed by atoms with Crippen LogP contribution in [0.15, 0.2) is 11.6 Å². The van der Waals surface area contributed by atoms with E-state index >= 15 is 0 Å². The van der Waals surface area contributed by atoms with Crippen LogP contribution in [0, 0.1) is 0 Å². The van der Waals surface area contributed by atoms with E-state index < -0.39 is 12.6 Å². The molecule has 0 aromatic rings. The third-order valence-electron chi connectivity index (χ3n) is 0.819. The molecule has 0 heterocycles. The van der Waals surface area contributed by atoms with Crippen molar-refractivity contribution in [3.05, 3.63) is 11.6 Å². The zero-order valence-electron chi connectivity index (χ0n) is 5.02. The van der Waals surface area contributed by atoms with E-state index in [4.69, 9.17) is 20.4 Å². The van der Waals surface area contributed by atoms with Crippen LogP contribution in [0.25, 0.3) is 0 Å². The van der Waals surface area contributed by atoms with Crippen LogP contribution in [0.5, 0.6) is 0 Å². The van der Waals surface area contributed by atoms with Gasteiger partial charge in [0.1, 0.15) is 0 Å². The van der Waals surface area contributed by atoms with E-state index in [2.05, 4.69) is 0 Å². The van der Waals surface area contributed by atoms with Gasteiger partial charge >= 0.3 is 0 Å². The zero-order chi connectivity index (χ0) is 7.44. The highest BCUT2D eigenvalue weighted by Crippen LogP contribution is 1.97. The first-order valence-electron chi connectivity index (χ1n) is 2.44. The van der Waals surface area contributed by atoms with Crippen LogP contribution in [0.2, 0.25) is 0 Å². The minimum Gasteiger partial charge on any atom is -0.365 e. The summed E-state index contributed by atoms with van der Waals surface area (Å²) in [4.78, 5) is 0. The Kier molecular flexibility index (Phi) is 3.41. The van der Waals surface area contributed by atoms with E-state index in [9.17, 15) is 0 Å². The Labute approximate surface area is 52.7 Å². The first-order valence-corrected chi connectivity index (χ1v) is 2.44.